The molecule has 0 unspecified atom stereocenters. The molecule has 5 nitrogen and oxygen atoms in total. The molecule has 0 atom stereocenters. The summed E-state index contributed by atoms with van der Waals surface area (Å²) in [5.41, 5.74) is 2.33. The normalized spacial score (nSPS) is 15.3. The number of aryl methyl sites for hydroxylation is 1. The van der Waals surface area contributed by atoms with E-state index in [0.29, 0.717) is 0 Å². The zero-order valence-corrected chi connectivity index (χ0v) is 15.5. The Morgan fingerprint density at radius 3 is 2.62 bits per heavy atom. The second-order valence-electron chi connectivity index (χ2n) is 6.40. The van der Waals surface area contributed by atoms with Crippen LogP contribution in [0.3, 0.4) is 0 Å². The molecule has 2 aromatic rings. The summed E-state index contributed by atoms with van der Waals surface area (Å²) in [7, 11) is 0. The average molecular weight is 347 g/mol. The van der Waals surface area contributed by atoms with Gasteiger partial charge in [0.15, 0.2) is 5.13 Å². The van der Waals surface area contributed by atoms with Crippen molar-refractivity contribution in [1.29, 1.82) is 0 Å². The van der Waals surface area contributed by atoms with Gasteiger partial charge in [-0.15, -0.1) is 0 Å². The molecule has 24 heavy (non-hydrogen) atoms. The van der Waals surface area contributed by atoms with Crippen LogP contribution < -0.4 is 10.2 Å². The topological polar surface area (TPSA) is 48.5 Å². The van der Waals surface area contributed by atoms with Crippen LogP contribution in [0.5, 0.6) is 0 Å². The third-order valence-electron chi connectivity index (χ3n) is 4.68. The van der Waals surface area contributed by atoms with Crippen molar-refractivity contribution < 1.29 is 4.79 Å². The first kappa shape index (κ1) is 17.0. The van der Waals surface area contributed by atoms with Gasteiger partial charge in [0, 0.05) is 32.2 Å². The van der Waals surface area contributed by atoms with E-state index in [0.717, 1.165) is 49.7 Å². The molecule has 1 aromatic heterocycles. The Morgan fingerprint density at radius 1 is 1.25 bits per heavy atom. The highest BCUT2D eigenvalue weighted by atomic mass is 32.1. The first-order chi connectivity index (χ1) is 11.6. The van der Waals surface area contributed by atoms with Gasteiger partial charge in [-0.2, -0.15) is 0 Å². The molecule has 0 aliphatic carbocycles. The van der Waals surface area contributed by atoms with Gasteiger partial charge in [-0.25, -0.2) is 9.78 Å². The summed E-state index contributed by atoms with van der Waals surface area (Å²) in [5, 5.41) is 4.19. The summed E-state index contributed by atoms with van der Waals surface area (Å²) < 4.78 is 1.24. The molecule has 1 aromatic carbocycles. The van der Waals surface area contributed by atoms with Gasteiger partial charge in [0.1, 0.15) is 0 Å². The lowest BCUT2D eigenvalue weighted by molar-refractivity contribution is 0.189. The van der Waals surface area contributed by atoms with Crippen LogP contribution in [0.15, 0.2) is 18.2 Å². The zero-order valence-electron chi connectivity index (χ0n) is 14.7. The van der Waals surface area contributed by atoms with Crippen LogP contribution in [0.2, 0.25) is 0 Å². The molecule has 1 saturated heterocycles. The van der Waals surface area contributed by atoms with Crippen LogP contribution in [0.4, 0.5) is 9.93 Å². The van der Waals surface area contributed by atoms with Crippen molar-refractivity contribution >= 4 is 32.7 Å². The first-order valence-corrected chi connectivity index (χ1v) is 9.60. The number of fused-ring (bicyclic) bond motifs is 1. The maximum atomic E-state index is 12.3. The Morgan fingerprint density at radius 2 is 1.96 bits per heavy atom. The number of thiazole rings is 1. The van der Waals surface area contributed by atoms with Gasteiger partial charge < -0.3 is 15.1 Å². The third kappa shape index (κ3) is 3.64. The van der Waals surface area contributed by atoms with E-state index in [9.17, 15) is 4.79 Å². The van der Waals surface area contributed by atoms with Crippen molar-refractivity contribution in [1.82, 2.24) is 15.2 Å². The Bertz CT molecular complexity index is 702. The smallest absolute Gasteiger partial charge is 0.317 e. The van der Waals surface area contributed by atoms with Crippen molar-refractivity contribution in [3.63, 3.8) is 0 Å². The molecule has 1 aliphatic rings. The maximum Gasteiger partial charge on any atom is 0.317 e. The summed E-state index contributed by atoms with van der Waals surface area (Å²) in [4.78, 5) is 21.3. The number of anilines is 1. The number of amides is 2. The highest BCUT2D eigenvalue weighted by Gasteiger charge is 2.24. The number of carbonyl (C=O) groups excluding carboxylic acids is 1. The minimum atomic E-state index is 0.0725. The number of urea groups is 1. The molecule has 6 heteroatoms. The van der Waals surface area contributed by atoms with Gasteiger partial charge >= 0.3 is 6.03 Å². The SMILES string of the molecule is CCC(CC)NC(=O)N1CCN(c2nc3ccc(C)cc3s2)CC1. The molecule has 0 bridgehead atoms. The number of rotatable bonds is 4. The Kier molecular flexibility index (Phi) is 5.23. The van der Waals surface area contributed by atoms with Gasteiger partial charge in [0.2, 0.25) is 0 Å². The standard InChI is InChI=1S/C18H26N4OS/c1-4-14(5-2)19-17(23)21-8-10-22(11-9-21)18-20-15-7-6-13(3)12-16(15)24-18/h6-7,12,14H,4-5,8-11H2,1-3H3,(H,19,23). The molecule has 0 radical (unpaired) electrons. The van der Waals surface area contributed by atoms with Gasteiger partial charge in [-0.3, -0.25) is 0 Å². The minimum Gasteiger partial charge on any atom is -0.345 e. The Labute approximate surface area is 147 Å². The van der Waals surface area contributed by atoms with Crippen LogP contribution >= 0.6 is 11.3 Å². The predicted molar refractivity (Wildman–Crippen MR) is 101 cm³/mol. The second kappa shape index (κ2) is 7.38. The summed E-state index contributed by atoms with van der Waals surface area (Å²) in [6, 6.07) is 6.73. The summed E-state index contributed by atoms with van der Waals surface area (Å²) >= 11 is 1.74. The van der Waals surface area contributed by atoms with Crippen LogP contribution in [0, 0.1) is 6.92 Å². The molecule has 3 rings (SSSR count). The molecule has 2 amide bonds. The van der Waals surface area contributed by atoms with Gasteiger partial charge in [-0.05, 0) is 37.5 Å². The number of piperazine rings is 1. The number of aromatic nitrogens is 1. The largest absolute Gasteiger partial charge is 0.345 e. The number of hydrogen-bond acceptors (Lipinski definition) is 4. The molecule has 130 valence electrons. The highest BCUT2D eigenvalue weighted by Crippen LogP contribution is 2.30. The van der Waals surface area contributed by atoms with E-state index in [-0.39, 0.29) is 12.1 Å². The van der Waals surface area contributed by atoms with Gasteiger partial charge in [0.25, 0.3) is 0 Å². The second-order valence-corrected chi connectivity index (χ2v) is 7.41. The fourth-order valence-electron chi connectivity index (χ4n) is 3.01. The summed E-state index contributed by atoms with van der Waals surface area (Å²) in [5.74, 6) is 0. The Balaban J connectivity index is 1.60. The lowest BCUT2D eigenvalue weighted by atomic mass is 10.2. The fraction of sp³-hybridized carbons (Fsp3) is 0.556. The Hall–Kier alpha value is -1.82. The quantitative estimate of drug-likeness (QED) is 0.920. The van der Waals surface area contributed by atoms with Crippen LogP contribution in [-0.2, 0) is 0 Å². The molecule has 1 N–H and O–H groups in total. The van der Waals surface area contributed by atoms with Crippen LogP contribution in [0.25, 0.3) is 10.2 Å². The fourth-order valence-corrected chi connectivity index (χ4v) is 4.13. The van der Waals surface area contributed by atoms with Crippen molar-refractivity contribution in [2.45, 2.75) is 39.7 Å². The van der Waals surface area contributed by atoms with E-state index in [1.165, 1.54) is 10.3 Å². The number of benzene rings is 1. The lowest BCUT2D eigenvalue weighted by Crippen LogP contribution is -2.53. The average Bonchev–Trinajstić information content (AvgIpc) is 3.02. The lowest BCUT2D eigenvalue weighted by Gasteiger charge is -2.35. The molecule has 1 fully saturated rings. The van der Waals surface area contributed by atoms with Crippen molar-refractivity contribution in [3.8, 4) is 0 Å². The maximum absolute atomic E-state index is 12.3. The summed E-state index contributed by atoms with van der Waals surface area (Å²) in [6.07, 6.45) is 1.96. The van der Waals surface area contributed by atoms with E-state index >= 15 is 0 Å². The summed E-state index contributed by atoms with van der Waals surface area (Å²) in [6.45, 7) is 9.52. The van der Waals surface area contributed by atoms with Gasteiger partial charge in [0.05, 0.1) is 10.2 Å². The van der Waals surface area contributed by atoms with Crippen molar-refractivity contribution in [2.75, 3.05) is 31.1 Å². The number of nitrogens with zero attached hydrogens (tertiary/aromatic N) is 3. The van der Waals surface area contributed by atoms with Crippen LogP contribution in [0.1, 0.15) is 32.3 Å². The van der Waals surface area contributed by atoms with E-state index < -0.39 is 0 Å². The first-order valence-electron chi connectivity index (χ1n) is 8.78. The number of nitrogens with one attached hydrogen (secondary N) is 1. The minimum absolute atomic E-state index is 0.0725. The molecule has 0 saturated carbocycles. The van der Waals surface area contributed by atoms with Crippen LogP contribution in [-0.4, -0.2) is 48.1 Å². The van der Waals surface area contributed by atoms with Gasteiger partial charge in [-0.1, -0.05) is 31.3 Å². The monoisotopic (exact) mass is 346 g/mol. The third-order valence-corrected chi connectivity index (χ3v) is 5.76. The highest BCUT2D eigenvalue weighted by molar-refractivity contribution is 7.22. The predicted octanol–water partition coefficient (Wildman–Crippen LogP) is 3.62. The zero-order chi connectivity index (χ0) is 17.1. The van der Waals surface area contributed by atoms with Crippen molar-refractivity contribution in [2.24, 2.45) is 0 Å². The number of carbonyl (C=O) groups is 1. The van der Waals surface area contributed by atoms with E-state index in [1.807, 2.05) is 4.90 Å². The van der Waals surface area contributed by atoms with E-state index in [2.05, 4.69) is 49.2 Å². The van der Waals surface area contributed by atoms with Crippen molar-refractivity contribution in [3.05, 3.63) is 23.8 Å². The van der Waals surface area contributed by atoms with E-state index in [1.54, 1.807) is 11.3 Å². The van der Waals surface area contributed by atoms with E-state index in [4.69, 9.17) is 4.98 Å². The molecule has 1 aliphatic heterocycles. The molecular formula is C18H26N4OS. The molecule has 2 heterocycles. The molecule has 0 spiro atoms. The number of hydrogen-bond donors (Lipinski definition) is 1. The molecular weight excluding hydrogens is 320 g/mol.